The molecule has 0 aliphatic carbocycles. The molecule has 3 aromatic rings. The van der Waals surface area contributed by atoms with Crippen LogP contribution < -0.4 is 10.5 Å². The first-order valence-electron chi connectivity index (χ1n) is 8.70. The van der Waals surface area contributed by atoms with Crippen LogP contribution in [0, 0.1) is 13.8 Å². The third kappa shape index (κ3) is 9.87. The molecule has 0 saturated heterocycles. The van der Waals surface area contributed by atoms with Crippen molar-refractivity contribution in [1.82, 2.24) is 0 Å². The monoisotopic (exact) mass is 369 g/mol. The molecule has 0 radical (unpaired) electrons. The van der Waals surface area contributed by atoms with Crippen molar-refractivity contribution in [3.63, 3.8) is 0 Å². The van der Waals surface area contributed by atoms with E-state index in [1.54, 1.807) is 0 Å². The Morgan fingerprint density at radius 3 is 1.77 bits per heavy atom. The Morgan fingerprint density at radius 2 is 1.38 bits per heavy atom. The lowest BCUT2D eigenvalue weighted by Crippen LogP contribution is -1.94. The fourth-order valence-electron chi connectivity index (χ4n) is 2.12. The van der Waals surface area contributed by atoms with Crippen LogP contribution in [0.15, 0.2) is 78.9 Å². The highest BCUT2D eigenvalue weighted by Crippen LogP contribution is 2.14. The van der Waals surface area contributed by atoms with Gasteiger partial charge < -0.3 is 10.5 Å². The minimum Gasteiger partial charge on any atom is -0.494 e. The predicted molar refractivity (Wildman–Crippen MR) is 113 cm³/mol. The highest BCUT2D eigenvalue weighted by atomic mass is 35.5. The van der Waals surface area contributed by atoms with E-state index in [0.29, 0.717) is 13.2 Å². The second kappa shape index (κ2) is 13.0. The summed E-state index contributed by atoms with van der Waals surface area (Å²) >= 11 is 5.66. The maximum absolute atomic E-state index is 5.66. The summed E-state index contributed by atoms with van der Waals surface area (Å²) < 4.78 is 5.20. The van der Waals surface area contributed by atoms with Gasteiger partial charge in [-0.1, -0.05) is 77.3 Å². The largest absolute Gasteiger partial charge is 0.494 e. The molecule has 0 heterocycles. The van der Waals surface area contributed by atoms with E-state index < -0.39 is 0 Å². The second-order valence-electron chi connectivity index (χ2n) is 5.73. The predicted octanol–water partition coefficient (Wildman–Crippen LogP) is 6.19. The van der Waals surface area contributed by atoms with Crippen molar-refractivity contribution in [1.29, 1.82) is 0 Å². The van der Waals surface area contributed by atoms with Gasteiger partial charge in [-0.15, -0.1) is 0 Å². The molecule has 0 bridgehead atoms. The fourth-order valence-corrected chi connectivity index (χ4v) is 2.24. The summed E-state index contributed by atoms with van der Waals surface area (Å²) in [6.45, 7) is 7.50. The zero-order valence-corrected chi connectivity index (χ0v) is 16.5. The first-order valence-corrected chi connectivity index (χ1v) is 9.08. The van der Waals surface area contributed by atoms with Crippen LogP contribution in [-0.2, 0) is 6.54 Å². The number of hydrogen-bond acceptors (Lipinski definition) is 2. The first kappa shape index (κ1) is 21.8. The molecule has 0 atom stereocenters. The highest BCUT2D eigenvalue weighted by molar-refractivity contribution is 6.30. The van der Waals surface area contributed by atoms with E-state index in [-0.39, 0.29) is 0 Å². The van der Waals surface area contributed by atoms with Crippen molar-refractivity contribution < 1.29 is 4.74 Å². The molecule has 3 rings (SSSR count). The van der Waals surface area contributed by atoms with Crippen LogP contribution >= 0.6 is 11.6 Å². The van der Waals surface area contributed by atoms with Crippen molar-refractivity contribution in [3.05, 3.63) is 101 Å². The average Bonchev–Trinajstić information content (AvgIpc) is 2.65. The van der Waals surface area contributed by atoms with Gasteiger partial charge in [0.05, 0.1) is 6.61 Å². The van der Waals surface area contributed by atoms with E-state index >= 15 is 0 Å². The molecular weight excluding hydrogens is 342 g/mol. The molecule has 0 unspecified atom stereocenters. The van der Waals surface area contributed by atoms with Gasteiger partial charge in [-0.25, -0.2) is 0 Å². The molecule has 26 heavy (non-hydrogen) atoms. The summed E-state index contributed by atoms with van der Waals surface area (Å²) in [5.74, 6) is 0.868. The molecule has 0 aliphatic heterocycles. The van der Waals surface area contributed by atoms with Crippen LogP contribution in [0.25, 0.3) is 0 Å². The lowest BCUT2D eigenvalue weighted by atomic mass is 10.2. The summed E-state index contributed by atoms with van der Waals surface area (Å²) in [7, 11) is 0. The number of halogens is 1. The number of benzene rings is 3. The van der Waals surface area contributed by atoms with Gasteiger partial charge in [0.2, 0.25) is 0 Å². The van der Waals surface area contributed by atoms with Crippen LogP contribution in [0.1, 0.15) is 23.6 Å². The van der Waals surface area contributed by atoms with E-state index in [2.05, 4.69) is 38.1 Å². The van der Waals surface area contributed by atoms with Crippen molar-refractivity contribution >= 4 is 11.6 Å². The molecule has 3 heteroatoms. The Morgan fingerprint density at radius 1 is 0.808 bits per heavy atom. The van der Waals surface area contributed by atoms with Gasteiger partial charge in [-0.2, -0.15) is 0 Å². The maximum Gasteiger partial charge on any atom is 0.119 e. The van der Waals surface area contributed by atoms with Crippen LogP contribution in [0.2, 0.25) is 5.02 Å². The number of ether oxygens (including phenoxy) is 1. The van der Waals surface area contributed by atoms with Gasteiger partial charge in [0.25, 0.3) is 0 Å². The molecule has 0 amide bonds. The summed E-state index contributed by atoms with van der Waals surface area (Å²) in [6.07, 6.45) is 0. The van der Waals surface area contributed by atoms with Crippen LogP contribution in [-0.4, -0.2) is 6.61 Å². The maximum atomic E-state index is 5.66. The Balaban J connectivity index is 0.000000197. The molecule has 2 nitrogen and oxygen atoms in total. The molecule has 0 aliphatic rings. The molecule has 0 aromatic heterocycles. The van der Waals surface area contributed by atoms with Crippen LogP contribution in [0.3, 0.4) is 0 Å². The molecule has 0 spiro atoms. The molecule has 2 N–H and O–H groups in total. The van der Waals surface area contributed by atoms with Gasteiger partial charge >= 0.3 is 0 Å². The zero-order chi connectivity index (χ0) is 19.2. The Bertz CT molecular complexity index is 709. The molecule has 3 aromatic carbocycles. The molecule has 0 saturated carbocycles. The SMILES string of the molecule is CCOc1ccc(Cl)cc1.Cc1cccc(C)c1.NCc1ccccc1. The minimum atomic E-state index is 0.640. The third-order valence-electron chi connectivity index (χ3n) is 3.38. The quantitative estimate of drug-likeness (QED) is 0.597. The van der Waals surface area contributed by atoms with Gasteiger partial charge in [0, 0.05) is 11.6 Å². The van der Waals surface area contributed by atoms with E-state index in [0.717, 1.165) is 10.8 Å². The first-order chi connectivity index (χ1) is 12.5. The molecule has 0 fully saturated rings. The Hall–Kier alpha value is -2.29. The van der Waals surface area contributed by atoms with Crippen LogP contribution in [0.4, 0.5) is 0 Å². The lowest BCUT2D eigenvalue weighted by molar-refractivity contribution is 0.340. The number of hydrogen-bond donors (Lipinski definition) is 1. The summed E-state index contributed by atoms with van der Waals surface area (Å²) in [6, 6.07) is 25.8. The Kier molecular flexibility index (Phi) is 10.9. The minimum absolute atomic E-state index is 0.640. The number of rotatable bonds is 3. The highest BCUT2D eigenvalue weighted by Gasteiger charge is 1.89. The lowest BCUT2D eigenvalue weighted by Gasteiger charge is -2.00. The zero-order valence-electron chi connectivity index (χ0n) is 15.8. The van der Waals surface area contributed by atoms with Gasteiger partial charge in [-0.05, 0) is 50.6 Å². The van der Waals surface area contributed by atoms with Crippen molar-refractivity contribution in [2.45, 2.75) is 27.3 Å². The number of nitrogens with two attached hydrogens (primary N) is 1. The van der Waals surface area contributed by atoms with E-state index in [1.807, 2.05) is 61.5 Å². The van der Waals surface area contributed by atoms with Gasteiger partial charge in [0.15, 0.2) is 0 Å². The summed E-state index contributed by atoms with van der Waals surface area (Å²) in [5.41, 5.74) is 9.21. The van der Waals surface area contributed by atoms with Crippen LogP contribution in [0.5, 0.6) is 5.75 Å². The van der Waals surface area contributed by atoms with E-state index in [1.165, 1.54) is 16.7 Å². The second-order valence-corrected chi connectivity index (χ2v) is 6.17. The summed E-state index contributed by atoms with van der Waals surface area (Å²) in [5, 5.41) is 0.739. The third-order valence-corrected chi connectivity index (χ3v) is 3.63. The Labute approximate surface area is 162 Å². The normalized spacial score (nSPS) is 9.27. The summed E-state index contributed by atoms with van der Waals surface area (Å²) in [4.78, 5) is 0. The van der Waals surface area contributed by atoms with Gasteiger partial charge in [-0.3, -0.25) is 0 Å². The van der Waals surface area contributed by atoms with Crippen molar-refractivity contribution in [3.8, 4) is 5.75 Å². The van der Waals surface area contributed by atoms with E-state index in [9.17, 15) is 0 Å². The van der Waals surface area contributed by atoms with Crippen molar-refractivity contribution in [2.24, 2.45) is 5.73 Å². The molecule has 138 valence electrons. The smallest absolute Gasteiger partial charge is 0.119 e. The van der Waals surface area contributed by atoms with Gasteiger partial charge in [0.1, 0.15) is 5.75 Å². The topological polar surface area (TPSA) is 35.2 Å². The standard InChI is InChI=1S/C8H9ClO.C8H10.C7H9N/c1-2-10-8-5-3-7(9)4-6-8;1-7-4-3-5-8(2)6-7;8-6-7-4-2-1-3-5-7/h3-6H,2H2,1H3;3-6H,1-2H3;1-5H,6,8H2. The van der Waals surface area contributed by atoms with Crippen molar-refractivity contribution in [2.75, 3.05) is 6.61 Å². The fraction of sp³-hybridized carbons (Fsp3) is 0.217. The number of aryl methyl sites for hydroxylation is 2. The van der Waals surface area contributed by atoms with E-state index in [4.69, 9.17) is 22.1 Å². The average molecular weight is 370 g/mol. The molecular formula is C23H28ClNO.